The van der Waals surface area contributed by atoms with Crippen molar-refractivity contribution in [2.75, 3.05) is 6.61 Å². The molecule has 104 valence electrons. The quantitative estimate of drug-likeness (QED) is 0.658. The van der Waals surface area contributed by atoms with Gasteiger partial charge in [0.2, 0.25) is 0 Å². The Morgan fingerprint density at radius 3 is 2.89 bits per heavy atom. The van der Waals surface area contributed by atoms with Gasteiger partial charge in [0, 0.05) is 11.6 Å². The van der Waals surface area contributed by atoms with Crippen molar-refractivity contribution in [2.24, 2.45) is 10.7 Å². The molecule has 0 unspecified atom stereocenters. The van der Waals surface area contributed by atoms with Crippen LogP contribution in [-0.2, 0) is 11.3 Å². The number of hydrogen-bond donors (Lipinski definition) is 2. The molecule has 2 atom stereocenters. The Morgan fingerprint density at radius 2 is 2.26 bits per heavy atom. The Morgan fingerprint density at radius 1 is 1.53 bits per heavy atom. The highest BCUT2D eigenvalue weighted by Crippen LogP contribution is 2.15. The predicted molar refractivity (Wildman–Crippen MR) is 78.4 cm³/mol. The number of aliphatic imine (C=N–C) groups is 1. The number of benzene rings is 1. The Labute approximate surface area is 119 Å². The van der Waals surface area contributed by atoms with Crippen LogP contribution in [0.15, 0.2) is 29.3 Å². The average Bonchev–Trinajstić information content (AvgIpc) is 2.92. The summed E-state index contributed by atoms with van der Waals surface area (Å²) in [5.74, 6) is 0.456. The summed E-state index contributed by atoms with van der Waals surface area (Å²) in [6, 6.07) is 7.79. The van der Waals surface area contributed by atoms with E-state index in [0.717, 1.165) is 30.0 Å². The minimum atomic E-state index is 0.191. The highest BCUT2D eigenvalue weighted by Gasteiger charge is 2.22. The standard InChI is InChI=1S/C14H20ClN3O/c1-10(13-3-2-8-19-13)18-14(16)17-9-11-4-6-12(15)7-5-11/h4-7,10,13H,2-3,8-9H2,1H3,(H3,16,17,18)/t10-,13+/m1/s1. The predicted octanol–water partition coefficient (Wildman–Crippen LogP) is 2.31. The summed E-state index contributed by atoms with van der Waals surface area (Å²) in [5, 5.41) is 3.91. The minimum Gasteiger partial charge on any atom is -0.376 e. The number of rotatable bonds is 4. The maximum absolute atomic E-state index is 5.88. The molecule has 0 aliphatic carbocycles. The molecule has 0 saturated carbocycles. The van der Waals surface area contributed by atoms with Gasteiger partial charge in [-0.3, -0.25) is 0 Å². The molecule has 0 radical (unpaired) electrons. The SMILES string of the molecule is C[C@@H](NC(N)=NCc1ccc(Cl)cc1)[C@@H]1CCCO1. The number of nitrogens with one attached hydrogen (secondary N) is 1. The van der Waals surface area contributed by atoms with Crippen LogP contribution in [0.2, 0.25) is 5.02 Å². The molecule has 0 aromatic heterocycles. The summed E-state index contributed by atoms with van der Waals surface area (Å²) < 4.78 is 5.60. The minimum absolute atomic E-state index is 0.191. The van der Waals surface area contributed by atoms with E-state index in [1.165, 1.54) is 0 Å². The molecule has 19 heavy (non-hydrogen) atoms. The number of halogens is 1. The van der Waals surface area contributed by atoms with Gasteiger partial charge in [0.25, 0.3) is 0 Å². The highest BCUT2D eigenvalue weighted by molar-refractivity contribution is 6.30. The van der Waals surface area contributed by atoms with Crippen molar-refractivity contribution < 1.29 is 4.74 Å². The molecule has 3 N–H and O–H groups in total. The van der Waals surface area contributed by atoms with Crippen LogP contribution in [0, 0.1) is 0 Å². The zero-order valence-electron chi connectivity index (χ0n) is 11.1. The van der Waals surface area contributed by atoms with Crippen LogP contribution in [-0.4, -0.2) is 24.7 Å². The molecule has 0 spiro atoms. The molecule has 5 heteroatoms. The van der Waals surface area contributed by atoms with Crippen molar-refractivity contribution in [3.63, 3.8) is 0 Å². The van der Waals surface area contributed by atoms with Crippen molar-refractivity contribution in [1.29, 1.82) is 0 Å². The third-order valence-corrected chi connectivity index (χ3v) is 3.50. The van der Waals surface area contributed by atoms with Gasteiger partial charge >= 0.3 is 0 Å². The van der Waals surface area contributed by atoms with Crippen molar-refractivity contribution >= 4 is 17.6 Å². The van der Waals surface area contributed by atoms with Gasteiger partial charge < -0.3 is 15.8 Å². The molecule has 1 aliphatic rings. The smallest absolute Gasteiger partial charge is 0.189 e. The van der Waals surface area contributed by atoms with E-state index >= 15 is 0 Å². The highest BCUT2D eigenvalue weighted by atomic mass is 35.5. The lowest BCUT2D eigenvalue weighted by atomic mass is 10.1. The van der Waals surface area contributed by atoms with E-state index in [1.807, 2.05) is 24.3 Å². The van der Waals surface area contributed by atoms with Crippen molar-refractivity contribution in [3.8, 4) is 0 Å². The topological polar surface area (TPSA) is 59.6 Å². The van der Waals surface area contributed by atoms with Crippen LogP contribution >= 0.6 is 11.6 Å². The monoisotopic (exact) mass is 281 g/mol. The van der Waals surface area contributed by atoms with Gasteiger partial charge in [-0.1, -0.05) is 23.7 Å². The Hall–Kier alpha value is -1.26. The lowest BCUT2D eigenvalue weighted by Gasteiger charge is -2.20. The molecule has 2 rings (SSSR count). The number of ether oxygens (including phenoxy) is 1. The maximum atomic E-state index is 5.88. The first-order valence-electron chi connectivity index (χ1n) is 6.57. The number of guanidine groups is 1. The summed E-state index contributed by atoms with van der Waals surface area (Å²) in [6.07, 6.45) is 2.45. The number of nitrogens with two attached hydrogens (primary N) is 1. The van der Waals surface area contributed by atoms with Gasteiger partial charge in [-0.25, -0.2) is 4.99 Å². The van der Waals surface area contributed by atoms with E-state index in [-0.39, 0.29) is 12.1 Å². The molecule has 1 saturated heterocycles. The Bertz CT molecular complexity index is 427. The normalized spacial score (nSPS) is 21.4. The van der Waals surface area contributed by atoms with E-state index in [4.69, 9.17) is 22.1 Å². The van der Waals surface area contributed by atoms with E-state index in [0.29, 0.717) is 12.5 Å². The second-order valence-electron chi connectivity index (χ2n) is 4.81. The first kappa shape index (κ1) is 14.2. The second-order valence-corrected chi connectivity index (χ2v) is 5.25. The largest absolute Gasteiger partial charge is 0.376 e. The summed E-state index contributed by atoms with van der Waals surface area (Å²) in [7, 11) is 0. The maximum Gasteiger partial charge on any atom is 0.189 e. The first-order chi connectivity index (χ1) is 9.15. The summed E-state index contributed by atoms with van der Waals surface area (Å²) in [4.78, 5) is 4.32. The molecular weight excluding hydrogens is 262 g/mol. The molecule has 1 aromatic carbocycles. The summed E-state index contributed by atoms with van der Waals surface area (Å²) in [6.45, 7) is 3.47. The number of nitrogens with zero attached hydrogens (tertiary/aromatic N) is 1. The molecule has 0 bridgehead atoms. The lowest BCUT2D eigenvalue weighted by Crippen LogP contribution is -2.44. The third kappa shape index (κ3) is 4.40. The Kier molecular flexibility index (Phi) is 5.05. The molecule has 1 aliphatic heterocycles. The van der Waals surface area contributed by atoms with Crippen molar-refractivity contribution in [2.45, 2.75) is 38.5 Å². The van der Waals surface area contributed by atoms with E-state index < -0.39 is 0 Å². The zero-order valence-corrected chi connectivity index (χ0v) is 11.9. The van der Waals surface area contributed by atoms with Gasteiger partial charge in [-0.05, 0) is 37.5 Å². The van der Waals surface area contributed by atoms with Crippen molar-refractivity contribution in [3.05, 3.63) is 34.9 Å². The van der Waals surface area contributed by atoms with Crippen LogP contribution in [0.3, 0.4) is 0 Å². The summed E-state index contributed by atoms with van der Waals surface area (Å²) >= 11 is 5.83. The van der Waals surface area contributed by atoms with E-state index in [1.54, 1.807) is 0 Å². The fraction of sp³-hybridized carbons (Fsp3) is 0.500. The van der Waals surface area contributed by atoms with Crippen LogP contribution in [0.25, 0.3) is 0 Å². The van der Waals surface area contributed by atoms with E-state index in [2.05, 4.69) is 17.2 Å². The fourth-order valence-corrected chi connectivity index (χ4v) is 2.26. The van der Waals surface area contributed by atoms with Crippen LogP contribution in [0.4, 0.5) is 0 Å². The Balaban J connectivity index is 1.83. The molecule has 4 nitrogen and oxygen atoms in total. The van der Waals surface area contributed by atoms with Gasteiger partial charge in [0.15, 0.2) is 5.96 Å². The fourth-order valence-electron chi connectivity index (χ4n) is 2.14. The van der Waals surface area contributed by atoms with Crippen molar-refractivity contribution in [1.82, 2.24) is 5.32 Å². The number of hydrogen-bond acceptors (Lipinski definition) is 2. The first-order valence-corrected chi connectivity index (χ1v) is 6.95. The van der Waals surface area contributed by atoms with Gasteiger partial charge in [0.05, 0.1) is 18.7 Å². The van der Waals surface area contributed by atoms with Gasteiger partial charge in [-0.2, -0.15) is 0 Å². The summed E-state index contributed by atoms with van der Waals surface area (Å²) in [5.41, 5.74) is 6.96. The second kappa shape index (κ2) is 6.78. The molecule has 0 amide bonds. The average molecular weight is 282 g/mol. The van der Waals surface area contributed by atoms with E-state index in [9.17, 15) is 0 Å². The third-order valence-electron chi connectivity index (χ3n) is 3.24. The zero-order chi connectivity index (χ0) is 13.7. The molecule has 1 fully saturated rings. The van der Waals surface area contributed by atoms with Crippen LogP contribution in [0.5, 0.6) is 0 Å². The molecular formula is C14H20ClN3O. The van der Waals surface area contributed by atoms with Crippen LogP contribution < -0.4 is 11.1 Å². The van der Waals surface area contributed by atoms with Gasteiger partial charge in [-0.15, -0.1) is 0 Å². The van der Waals surface area contributed by atoms with Gasteiger partial charge in [0.1, 0.15) is 0 Å². The van der Waals surface area contributed by atoms with Crippen LogP contribution in [0.1, 0.15) is 25.3 Å². The lowest BCUT2D eigenvalue weighted by molar-refractivity contribution is 0.0892. The molecule has 1 aromatic rings. The molecule has 1 heterocycles.